The number of amides is 1. The molecule has 0 aliphatic carbocycles. The second kappa shape index (κ2) is 10.1. The lowest BCUT2D eigenvalue weighted by molar-refractivity contribution is 0.0785. The lowest BCUT2D eigenvalue weighted by atomic mass is 10.1. The Bertz CT molecular complexity index is 1390. The van der Waals surface area contributed by atoms with E-state index < -0.39 is 10.0 Å². The van der Waals surface area contributed by atoms with Crippen LogP contribution in [0.3, 0.4) is 0 Å². The van der Waals surface area contributed by atoms with E-state index in [1.165, 1.54) is 31.6 Å². The van der Waals surface area contributed by atoms with Crippen LogP contribution < -0.4 is 9.04 Å². The number of carbonyl (C=O) groups excluding carboxylic acids is 1. The van der Waals surface area contributed by atoms with E-state index in [0.29, 0.717) is 18.5 Å². The van der Waals surface area contributed by atoms with Gasteiger partial charge in [0.1, 0.15) is 0 Å². The standard InChI is InChI=1S/C25H25N5O4S/c1-18-21(17-30(28-18)25(31)20-7-5-4-6-8-20)12-9-19-10-13-22(14-11-19)35(32,33)29(2)23-24(34-3)27-16-15-26-23/h4-8,10-16H,9,17H2,1-3H3. The van der Waals surface area contributed by atoms with Crippen LogP contribution in [0.15, 0.2) is 88.6 Å². The molecule has 0 unspecified atom stereocenters. The van der Waals surface area contributed by atoms with Crippen molar-refractivity contribution in [2.45, 2.75) is 18.2 Å². The summed E-state index contributed by atoms with van der Waals surface area (Å²) < 4.78 is 32.3. The molecule has 1 aliphatic rings. The van der Waals surface area contributed by atoms with E-state index in [9.17, 15) is 13.2 Å². The SMILES string of the molecule is COc1nccnc1N(C)S(=O)(=O)c1ccc(CC=C2CN(C(=O)c3ccccc3)N=C2C)cc1. The van der Waals surface area contributed by atoms with Crippen LogP contribution >= 0.6 is 0 Å². The Morgan fingerprint density at radius 2 is 1.77 bits per heavy atom. The molecule has 2 heterocycles. The lowest BCUT2D eigenvalue weighted by Gasteiger charge is -2.19. The summed E-state index contributed by atoms with van der Waals surface area (Å²) in [5.41, 5.74) is 3.26. The Morgan fingerprint density at radius 3 is 2.46 bits per heavy atom. The summed E-state index contributed by atoms with van der Waals surface area (Å²) >= 11 is 0. The first-order chi connectivity index (χ1) is 16.8. The number of hydrazone groups is 1. The molecule has 0 fully saturated rings. The smallest absolute Gasteiger partial charge is 0.274 e. The minimum Gasteiger partial charge on any atom is -0.478 e. The maximum Gasteiger partial charge on any atom is 0.274 e. The van der Waals surface area contributed by atoms with Crippen LogP contribution in [-0.2, 0) is 16.4 Å². The van der Waals surface area contributed by atoms with E-state index in [1.807, 2.05) is 31.2 Å². The highest BCUT2D eigenvalue weighted by molar-refractivity contribution is 7.92. The molecule has 0 radical (unpaired) electrons. The predicted octanol–water partition coefficient (Wildman–Crippen LogP) is 3.31. The van der Waals surface area contributed by atoms with E-state index in [0.717, 1.165) is 21.2 Å². The van der Waals surface area contributed by atoms with Crippen molar-refractivity contribution in [3.05, 3.63) is 89.8 Å². The minimum atomic E-state index is -3.85. The fourth-order valence-electron chi connectivity index (χ4n) is 3.60. The maximum absolute atomic E-state index is 13.1. The van der Waals surface area contributed by atoms with Crippen LogP contribution in [0.2, 0.25) is 0 Å². The number of carbonyl (C=O) groups is 1. The normalized spacial score (nSPS) is 14.7. The van der Waals surface area contributed by atoms with Gasteiger partial charge >= 0.3 is 0 Å². The van der Waals surface area contributed by atoms with Gasteiger partial charge in [-0.25, -0.2) is 27.7 Å². The summed E-state index contributed by atoms with van der Waals surface area (Å²) in [6.45, 7) is 2.27. The largest absolute Gasteiger partial charge is 0.478 e. The zero-order chi connectivity index (χ0) is 25.0. The highest BCUT2D eigenvalue weighted by Crippen LogP contribution is 2.27. The van der Waals surface area contributed by atoms with Crippen LogP contribution in [0, 0.1) is 0 Å². The Kier molecular flexibility index (Phi) is 6.92. The van der Waals surface area contributed by atoms with Crippen LogP contribution in [0.25, 0.3) is 0 Å². The minimum absolute atomic E-state index is 0.106. The molecular formula is C25H25N5O4S. The molecule has 0 N–H and O–H groups in total. The van der Waals surface area contributed by atoms with Gasteiger partial charge in [-0.15, -0.1) is 0 Å². The van der Waals surface area contributed by atoms with Crippen molar-refractivity contribution in [3.8, 4) is 5.88 Å². The van der Waals surface area contributed by atoms with Crippen LogP contribution in [0.1, 0.15) is 22.8 Å². The summed E-state index contributed by atoms with van der Waals surface area (Å²) in [5.74, 6) is 0.0800. The van der Waals surface area contributed by atoms with E-state index in [-0.39, 0.29) is 22.5 Å². The van der Waals surface area contributed by atoms with Crippen molar-refractivity contribution < 1.29 is 17.9 Å². The maximum atomic E-state index is 13.1. The zero-order valence-corrected chi connectivity index (χ0v) is 20.4. The van der Waals surface area contributed by atoms with Gasteiger partial charge in [0.05, 0.1) is 24.3 Å². The van der Waals surface area contributed by atoms with Crippen molar-refractivity contribution in [1.29, 1.82) is 0 Å². The predicted molar refractivity (Wildman–Crippen MR) is 133 cm³/mol. The second-order valence-electron chi connectivity index (χ2n) is 7.85. The van der Waals surface area contributed by atoms with Crippen molar-refractivity contribution in [2.75, 3.05) is 25.0 Å². The number of benzene rings is 2. The van der Waals surface area contributed by atoms with E-state index >= 15 is 0 Å². The molecule has 1 amide bonds. The molecule has 0 atom stereocenters. The summed E-state index contributed by atoms with van der Waals surface area (Å²) in [7, 11) is -1.04. The molecule has 3 aromatic rings. The quantitative estimate of drug-likeness (QED) is 0.502. The third-order valence-corrected chi connectivity index (χ3v) is 7.38. The molecule has 0 saturated heterocycles. The number of sulfonamides is 1. The summed E-state index contributed by atoms with van der Waals surface area (Å²) in [4.78, 5) is 20.9. The van der Waals surface area contributed by atoms with Gasteiger partial charge in [0.15, 0.2) is 0 Å². The van der Waals surface area contributed by atoms with Gasteiger partial charge in [-0.2, -0.15) is 5.10 Å². The molecule has 35 heavy (non-hydrogen) atoms. The molecule has 1 aliphatic heterocycles. The lowest BCUT2D eigenvalue weighted by Crippen LogP contribution is -2.28. The third kappa shape index (κ3) is 5.07. The van der Waals surface area contributed by atoms with Crippen molar-refractivity contribution >= 4 is 27.5 Å². The average Bonchev–Trinajstić information content (AvgIpc) is 3.27. The van der Waals surface area contributed by atoms with Crippen molar-refractivity contribution in [3.63, 3.8) is 0 Å². The monoisotopic (exact) mass is 491 g/mol. The molecule has 1 aromatic heterocycles. The number of aromatic nitrogens is 2. The van der Waals surface area contributed by atoms with Gasteiger partial charge in [0.25, 0.3) is 21.8 Å². The van der Waals surface area contributed by atoms with Crippen LogP contribution in [0.4, 0.5) is 5.82 Å². The topological polar surface area (TPSA) is 105 Å². The molecule has 10 heteroatoms. The van der Waals surface area contributed by atoms with Crippen molar-refractivity contribution in [1.82, 2.24) is 15.0 Å². The van der Waals surface area contributed by atoms with Gasteiger partial charge in [0, 0.05) is 25.0 Å². The Morgan fingerprint density at radius 1 is 1.09 bits per heavy atom. The Balaban J connectivity index is 1.45. The first-order valence-electron chi connectivity index (χ1n) is 10.9. The molecule has 0 saturated carbocycles. The molecule has 2 aromatic carbocycles. The molecule has 0 bridgehead atoms. The Hall–Kier alpha value is -4.05. The number of rotatable bonds is 7. The van der Waals surface area contributed by atoms with E-state index in [1.54, 1.807) is 36.4 Å². The van der Waals surface area contributed by atoms with Gasteiger partial charge in [-0.3, -0.25) is 4.79 Å². The zero-order valence-electron chi connectivity index (χ0n) is 19.6. The first kappa shape index (κ1) is 24.1. The number of allylic oxidation sites excluding steroid dienone is 1. The molecular weight excluding hydrogens is 466 g/mol. The number of methoxy groups -OCH3 is 1. The highest BCUT2D eigenvalue weighted by atomic mass is 32.2. The van der Waals surface area contributed by atoms with Crippen LogP contribution in [0.5, 0.6) is 5.88 Å². The number of hydrogen-bond donors (Lipinski definition) is 0. The first-order valence-corrected chi connectivity index (χ1v) is 12.3. The van der Waals surface area contributed by atoms with Crippen LogP contribution in [-0.4, -0.2) is 55.7 Å². The number of anilines is 1. The molecule has 4 rings (SSSR count). The summed E-state index contributed by atoms with van der Waals surface area (Å²) in [5, 5.41) is 5.85. The molecule has 9 nitrogen and oxygen atoms in total. The fourth-order valence-corrected chi connectivity index (χ4v) is 4.75. The molecule has 180 valence electrons. The summed E-state index contributed by atoms with van der Waals surface area (Å²) in [6.07, 6.45) is 5.42. The van der Waals surface area contributed by atoms with Crippen molar-refractivity contribution in [2.24, 2.45) is 5.10 Å². The number of hydrogen-bond acceptors (Lipinski definition) is 7. The fraction of sp³-hybridized carbons (Fsp3) is 0.200. The van der Waals surface area contributed by atoms with E-state index in [2.05, 4.69) is 15.1 Å². The van der Waals surface area contributed by atoms with Gasteiger partial charge in [-0.05, 0) is 48.7 Å². The van der Waals surface area contributed by atoms with Gasteiger partial charge in [-0.1, -0.05) is 36.4 Å². The Labute approximate surface area is 204 Å². The highest BCUT2D eigenvalue weighted by Gasteiger charge is 2.26. The van der Waals surface area contributed by atoms with Gasteiger partial charge in [0.2, 0.25) is 5.82 Å². The third-order valence-electron chi connectivity index (χ3n) is 5.61. The summed E-state index contributed by atoms with van der Waals surface area (Å²) in [6, 6.07) is 15.7. The molecule has 0 spiro atoms. The number of nitrogens with zero attached hydrogens (tertiary/aromatic N) is 5. The number of ether oxygens (including phenoxy) is 1. The average molecular weight is 492 g/mol. The van der Waals surface area contributed by atoms with E-state index in [4.69, 9.17) is 4.74 Å². The van der Waals surface area contributed by atoms with Gasteiger partial charge < -0.3 is 4.74 Å². The second-order valence-corrected chi connectivity index (χ2v) is 9.82.